The maximum Gasteiger partial charge on any atom is 0.306 e. The van der Waals surface area contributed by atoms with Crippen LogP contribution in [0.5, 0.6) is 0 Å². The molecule has 2 atom stereocenters. The largest absolute Gasteiger partial charge is 0.756 e. The zero-order valence-corrected chi connectivity index (χ0v) is 63.2. The lowest BCUT2D eigenvalue weighted by atomic mass is 10.0. The molecule has 0 rings (SSSR count). The van der Waals surface area contributed by atoms with Gasteiger partial charge in [0, 0.05) is 12.8 Å². The zero-order chi connectivity index (χ0) is 69.7. The molecule has 2 unspecified atom stereocenters. The number of hydrogen-bond acceptors (Lipinski definition) is 8. The second-order valence-corrected chi connectivity index (χ2v) is 28.0. The van der Waals surface area contributed by atoms with Gasteiger partial charge in [0.25, 0.3) is 7.82 Å². The molecule has 0 N–H and O–H groups in total. The highest BCUT2D eigenvalue weighted by atomic mass is 31.2. The predicted molar refractivity (Wildman–Crippen MR) is 415 cm³/mol. The summed E-state index contributed by atoms with van der Waals surface area (Å²) < 4.78 is 34.4. The molecule has 10 heteroatoms. The summed E-state index contributed by atoms with van der Waals surface area (Å²) in [5.74, 6) is -0.836. The highest BCUT2D eigenvalue weighted by Crippen LogP contribution is 2.38. The van der Waals surface area contributed by atoms with E-state index in [1.807, 2.05) is 21.1 Å². The third kappa shape index (κ3) is 78.4. The monoisotopic (exact) mass is 1350 g/mol. The van der Waals surface area contributed by atoms with E-state index in [-0.39, 0.29) is 32.0 Å². The van der Waals surface area contributed by atoms with Crippen LogP contribution in [0.4, 0.5) is 0 Å². The summed E-state index contributed by atoms with van der Waals surface area (Å²) >= 11 is 0. The average molecular weight is 1350 g/mol. The quantitative estimate of drug-likeness (QED) is 0.0195. The molecule has 0 aliphatic carbocycles. The highest BCUT2D eigenvalue weighted by molar-refractivity contribution is 7.45. The fourth-order valence-corrected chi connectivity index (χ4v) is 11.1. The summed E-state index contributed by atoms with van der Waals surface area (Å²) in [5, 5.41) is 0. The second kappa shape index (κ2) is 74.6. The first-order valence-electron chi connectivity index (χ1n) is 38.8. The molecule has 0 amide bonds. The molecule has 0 bridgehead atoms. The maximum atomic E-state index is 12.9. The van der Waals surface area contributed by atoms with Gasteiger partial charge in [-0.25, -0.2) is 0 Å². The van der Waals surface area contributed by atoms with Gasteiger partial charge in [0.15, 0.2) is 6.10 Å². The summed E-state index contributed by atoms with van der Waals surface area (Å²) in [5.41, 5.74) is 0. The van der Waals surface area contributed by atoms with E-state index in [4.69, 9.17) is 18.5 Å². The van der Waals surface area contributed by atoms with Gasteiger partial charge in [0.05, 0.1) is 27.7 Å². The molecule has 9 nitrogen and oxygen atoms in total. The van der Waals surface area contributed by atoms with E-state index < -0.39 is 26.5 Å². The van der Waals surface area contributed by atoms with E-state index in [1.54, 1.807) is 0 Å². The molecule has 0 saturated carbocycles. The first kappa shape index (κ1) is 91.4. The topological polar surface area (TPSA) is 111 Å². The van der Waals surface area contributed by atoms with Gasteiger partial charge in [-0.15, -0.1) is 0 Å². The number of carbonyl (C=O) groups excluding carboxylic acids is 2. The molecule has 0 fully saturated rings. The van der Waals surface area contributed by atoms with Crippen molar-refractivity contribution in [1.29, 1.82) is 0 Å². The molecule has 0 aliphatic heterocycles. The Morgan fingerprint density at radius 2 is 0.562 bits per heavy atom. The van der Waals surface area contributed by atoms with E-state index in [0.29, 0.717) is 17.4 Å². The number of phosphoric acid groups is 1. The summed E-state index contributed by atoms with van der Waals surface area (Å²) in [7, 11) is 1.16. The fraction of sp³-hybridized carbons (Fsp3) is 0.651. The Bertz CT molecular complexity index is 2230. The van der Waals surface area contributed by atoms with Gasteiger partial charge >= 0.3 is 11.9 Å². The Hall–Kier alpha value is -4.63. The molecule has 0 saturated heterocycles. The van der Waals surface area contributed by atoms with Crippen molar-refractivity contribution in [3.63, 3.8) is 0 Å². The minimum absolute atomic E-state index is 0.0374. The second-order valence-electron chi connectivity index (χ2n) is 26.6. The number of rotatable bonds is 70. The lowest BCUT2D eigenvalue weighted by Gasteiger charge is -2.28. The van der Waals surface area contributed by atoms with Crippen molar-refractivity contribution >= 4 is 19.8 Å². The molecular weight excluding hydrogens is 1210 g/mol. The minimum atomic E-state index is -4.66. The van der Waals surface area contributed by atoms with Crippen molar-refractivity contribution in [2.24, 2.45) is 0 Å². The van der Waals surface area contributed by atoms with Gasteiger partial charge in [-0.1, -0.05) is 338 Å². The van der Waals surface area contributed by atoms with Gasteiger partial charge in [0.2, 0.25) is 0 Å². The molecule has 0 radical (unpaired) electrons. The van der Waals surface area contributed by atoms with Crippen LogP contribution in [0.2, 0.25) is 0 Å². The molecule has 0 aromatic carbocycles. The van der Waals surface area contributed by atoms with Gasteiger partial charge < -0.3 is 27.9 Å². The van der Waals surface area contributed by atoms with E-state index in [2.05, 4.69) is 184 Å². The Morgan fingerprint density at radius 1 is 0.323 bits per heavy atom. The van der Waals surface area contributed by atoms with E-state index in [0.717, 1.165) is 135 Å². The fourth-order valence-electron chi connectivity index (χ4n) is 10.4. The molecule has 0 aliphatic rings. The van der Waals surface area contributed by atoms with Crippen LogP contribution in [0.3, 0.4) is 0 Å². The van der Waals surface area contributed by atoms with E-state index in [1.165, 1.54) is 141 Å². The van der Waals surface area contributed by atoms with Crippen molar-refractivity contribution in [3.8, 4) is 0 Å². The Kier molecular flexibility index (Phi) is 71.0. The number of esters is 2. The first-order valence-corrected chi connectivity index (χ1v) is 40.3. The molecule has 546 valence electrons. The maximum absolute atomic E-state index is 12.9. The van der Waals surface area contributed by atoms with Crippen LogP contribution >= 0.6 is 7.82 Å². The number of hydrogen-bond donors (Lipinski definition) is 0. The van der Waals surface area contributed by atoms with Crippen molar-refractivity contribution in [3.05, 3.63) is 170 Å². The number of nitrogens with zero attached hydrogens (tertiary/aromatic N) is 1. The smallest absolute Gasteiger partial charge is 0.306 e. The first-order chi connectivity index (χ1) is 47.0. The van der Waals surface area contributed by atoms with Crippen LogP contribution in [-0.2, 0) is 32.7 Å². The van der Waals surface area contributed by atoms with Gasteiger partial charge in [-0.3, -0.25) is 14.2 Å². The van der Waals surface area contributed by atoms with Crippen LogP contribution in [0, 0.1) is 0 Å². The Labute approximate surface area is 591 Å². The molecule has 0 aromatic rings. The van der Waals surface area contributed by atoms with E-state index in [9.17, 15) is 19.0 Å². The lowest BCUT2D eigenvalue weighted by molar-refractivity contribution is -0.870. The summed E-state index contributed by atoms with van der Waals surface area (Å²) in [6, 6.07) is 0. The number of carbonyl (C=O) groups is 2. The minimum Gasteiger partial charge on any atom is -0.756 e. The molecule has 0 spiro atoms. The zero-order valence-electron chi connectivity index (χ0n) is 62.3. The summed E-state index contributed by atoms with van der Waals surface area (Å²) in [4.78, 5) is 38.2. The number of ether oxygens (including phenoxy) is 2. The van der Waals surface area contributed by atoms with Crippen LogP contribution in [-0.4, -0.2) is 70.0 Å². The van der Waals surface area contributed by atoms with Crippen LogP contribution in [0.25, 0.3) is 0 Å². The molecule has 0 heterocycles. The Balaban J connectivity index is 4.04. The number of quaternary nitrogens is 1. The van der Waals surface area contributed by atoms with Crippen molar-refractivity contribution in [2.75, 3.05) is 47.5 Å². The summed E-state index contributed by atoms with van der Waals surface area (Å²) in [6.07, 6.45) is 113. The molecule has 0 aromatic heterocycles. The van der Waals surface area contributed by atoms with Gasteiger partial charge in [0.1, 0.15) is 19.8 Å². The third-order valence-electron chi connectivity index (χ3n) is 16.2. The normalized spacial score (nSPS) is 14.0. The van der Waals surface area contributed by atoms with Crippen LogP contribution in [0.15, 0.2) is 170 Å². The van der Waals surface area contributed by atoms with Crippen LogP contribution in [0.1, 0.15) is 309 Å². The predicted octanol–water partition coefficient (Wildman–Crippen LogP) is 25.4. The Morgan fingerprint density at radius 3 is 0.833 bits per heavy atom. The van der Waals surface area contributed by atoms with Crippen molar-refractivity contribution in [2.45, 2.75) is 315 Å². The highest BCUT2D eigenvalue weighted by Gasteiger charge is 2.22. The third-order valence-corrected chi connectivity index (χ3v) is 17.2. The van der Waals surface area contributed by atoms with Crippen molar-refractivity contribution in [1.82, 2.24) is 0 Å². The lowest BCUT2D eigenvalue weighted by Crippen LogP contribution is -2.37. The number of unbranched alkanes of at least 4 members (excludes halogenated alkanes) is 28. The number of allylic oxidation sites excluding steroid dienone is 28. The molecular formula is C86H144NO8P. The van der Waals surface area contributed by atoms with Gasteiger partial charge in [-0.2, -0.15) is 0 Å². The summed E-state index contributed by atoms with van der Waals surface area (Å²) in [6.45, 7) is 4.02. The van der Waals surface area contributed by atoms with Gasteiger partial charge in [-0.05, 0) is 128 Å². The SMILES string of the molecule is CC/C=C\C/C=C\C/C=C\C/C=C\C/C=C\C/C=C\C/C=C\C/C=C\CCCCCCCCCCCCCCC(=O)OC(COC(=O)CCCCCCCCCCCCCCCCCC/C=C\C/C=C\C/C=C\C/C=C\C/C=C\C/C=C\CC)COP(=O)([O-])OCC[N+](C)(C)C. The van der Waals surface area contributed by atoms with Crippen LogP contribution < -0.4 is 4.89 Å². The number of phosphoric ester groups is 1. The van der Waals surface area contributed by atoms with E-state index >= 15 is 0 Å². The number of likely N-dealkylation sites (N-methyl/N-ethyl adjacent to an activating group) is 1. The van der Waals surface area contributed by atoms with Crippen molar-refractivity contribution < 1.29 is 42.1 Å². The average Bonchev–Trinajstić information content (AvgIpc) is 2.72. The molecule has 96 heavy (non-hydrogen) atoms. The standard InChI is InChI=1S/C86H144NO8P/c1-6-8-10-12-14-16-18-20-22-24-26-28-30-32-34-36-38-40-42-43-45-47-49-51-53-55-57-59-61-63-65-67-69-71-73-75-77-79-86(89)95-84(83-94-96(90,91)93-81-80-87(3,4)5)82-92-85(88)78-76-74-72-70-68-66-64-62-60-58-56-54-52-50-48-46-44-41-39-37-35-33-31-29-27-25-23-21-19-17-15-13-11-9-7-2/h8-11,14-17,20-23,26-29,32-35,38-41,43,45,49,51,84H,6-7,12-13,18-19,24-25,30-31,36-37,42,44,46-48,50,52-83H2,1-5H3/b10-8-,11-9-,16-14-,17-15-,22-20-,23-21-,28-26-,29-27-,34-32-,35-33-,40-38-,41-39-,45-43-,51-49-.